The van der Waals surface area contributed by atoms with Crippen LogP contribution in [0.15, 0.2) is 48.8 Å². The van der Waals surface area contributed by atoms with Gasteiger partial charge in [0.25, 0.3) is 0 Å². The second-order valence-electron chi connectivity index (χ2n) is 6.89. The number of alkyl halides is 3. The molecule has 0 bridgehead atoms. The number of fused-ring (bicyclic) bond motifs is 1. The molecule has 0 unspecified atom stereocenters. The molecule has 3 heterocycles. The molecule has 0 spiro atoms. The number of hydrogen-bond donors (Lipinski definition) is 1. The molecule has 2 N–H and O–H groups in total. The first-order valence-electron chi connectivity index (χ1n) is 9.30. The minimum atomic E-state index is -4.49. The van der Waals surface area contributed by atoms with Crippen molar-refractivity contribution in [1.82, 2.24) is 4.98 Å². The number of halogens is 4. The molecule has 0 saturated carbocycles. The lowest BCUT2D eigenvalue weighted by Gasteiger charge is -2.30. The number of aromatic amines is 1. The van der Waals surface area contributed by atoms with Gasteiger partial charge in [0, 0.05) is 11.6 Å². The van der Waals surface area contributed by atoms with Crippen LogP contribution in [0.3, 0.4) is 0 Å². The molecule has 1 aromatic carbocycles. The van der Waals surface area contributed by atoms with E-state index in [1.807, 2.05) is 0 Å². The van der Waals surface area contributed by atoms with Gasteiger partial charge in [0.1, 0.15) is 6.61 Å². The molecule has 0 radical (unpaired) electrons. The van der Waals surface area contributed by atoms with Gasteiger partial charge in [0.15, 0.2) is 17.8 Å². The average molecular weight is 433 g/mol. The number of urea groups is 1. The minimum Gasteiger partial charge on any atom is -0.488 e. The second kappa shape index (κ2) is 7.86. The van der Waals surface area contributed by atoms with E-state index < -0.39 is 23.6 Å². The maximum absolute atomic E-state index is 13.9. The predicted octanol–water partition coefficient (Wildman–Crippen LogP) is 4.46. The number of carbonyl (C=O) groups is 1. The summed E-state index contributed by atoms with van der Waals surface area (Å²) in [5.74, 6) is -0.149. The van der Waals surface area contributed by atoms with Gasteiger partial charge < -0.3 is 10.1 Å². The smallest absolute Gasteiger partial charge is 0.416 e. The number of hydrogen-bond acceptors (Lipinski definition) is 3. The third-order valence-corrected chi connectivity index (χ3v) is 4.74. The summed E-state index contributed by atoms with van der Waals surface area (Å²) in [4.78, 5) is 21.1. The molecular weight excluding hydrogens is 416 g/mol. The fraction of sp³-hybridized carbons (Fsp3) is 0.190. The summed E-state index contributed by atoms with van der Waals surface area (Å²) < 4.78 is 58.9. The van der Waals surface area contributed by atoms with Crippen molar-refractivity contribution in [2.75, 3.05) is 23.4 Å². The fourth-order valence-corrected chi connectivity index (χ4v) is 3.24. The number of pyridine rings is 2. The first-order chi connectivity index (χ1) is 14.7. The fourth-order valence-electron chi connectivity index (χ4n) is 3.24. The number of carbonyl (C=O) groups excluding carboxylic acids is 1. The van der Waals surface area contributed by atoms with Crippen LogP contribution in [0.4, 0.5) is 33.9 Å². The molecule has 3 aromatic rings. The monoisotopic (exact) mass is 433 g/mol. The Kier molecular flexibility index (Phi) is 5.22. The normalized spacial score (nSPS) is 13.4. The van der Waals surface area contributed by atoms with Crippen LogP contribution in [-0.4, -0.2) is 24.2 Å². The molecule has 160 valence electrons. The van der Waals surface area contributed by atoms with Crippen LogP contribution in [0.2, 0.25) is 0 Å². The molecule has 0 fully saturated rings. The number of ether oxygens (including phenoxy) is 1. The number of H-pyrrole nitrogens is 1. The zero-order valence-electron chi connectivity index (χ0n) is 16.3. The molecule has 1 aliphatic heterocycles. The highest BCUT2D eigenvalue weighted by Crippen LogP contribution is 2.37. The lowest BCUT2D eigenvalue weighted by Crippen LogP contribution is -2.41. The van der Waals surface area contributed by atoms with E-state index in [0.29, 0.717) is 11.3 Å². The van der Waals surface area contributed by atoms with Gasteiger partial charge in [-0.25, -0.2) is 14.8 Å². The van der Waals surface area contributed by atoms with Crippen molar-refractivity contribution in [2.45, 2.75) is 13.1 Å². The number of nitrogens with zero attached hydrogens (tertiary/aromatic N) is 2. The third-order valence-electron chi connectivity index (χ3n) is 4.74. The van der Waals surface area contributed by atoms with Gasteiger partial charge in [-0.15, -0.1) is 0 Å². The number of amides is 2. The summed E-state index contributed by atoms with van der Waals surface area (Å²) in [5, 5.41) is 2.48. The molecule has 6 nitrogen and oxygen atoms in total. The highest BCUT2D eigenvalue weighted by Gasteiger charge is 2.31. The van der Waals surface area contributed by atoms with Gasteiger partial charge >= 0.3 is 12.2 Å². The van der Waals surface area contributed by atoms with Crippen molar-refractivity contribution >= 4 is 17.5 Å². The van der Waals surface area contributed by atoms with Crippen LogP contribution < -0.4 is 19.9 Å². The van der Waals surface area contributed by atoms with Crippen molar-refractivity contribution in [3.63, 3.8) is 0 Å². The molecule has 10 heteroatoms. The van der Waals surface area contributed by atoms with Crippen molar-refractivity contribution in [3.8, 4) is 17.0 Å². The van der Waals surface area contributed by atoms with Gasteiger partial charge in [0.2, 0.25) is 12.0 Å². The Morgan fingerprint density at radius 2 is 2.06 bits per heavy atom. The first kappa shape index (κ1) is 20.6. The molecule has 4 rings (SSSR count). The van der Waals surface area contributed by atoms with E-state index in [0.717, 1.165) is 18.3 Å². The summed E-state index contributed by atoms with van der Waals surface area (Å²) in [6.45, 7) is 2.04. The van der Waals surface area contributed by atoms with Gasteiger partial charge in [0.05, 0.1) is 23.5 Å². The topological polar surface area (TPSA) is 68.6 Å². The van der Waals surface area contributed by atoms with E-state index in [1.54, 1.807) is 13.0 Å². The Morgan fingerprint density at radius 3 is 2.81 bits per heavy atom. The number of anilines is 2. The molecule has 0 aliphatic carbocycles. The van der Waals surface area contributed by atoms with E-state index in [2.05, 4.69) is 15.3 Å². The summed E-state index contributed by atoms with van der Waals surface area (Å²) in [7, 11) is 0. The molecule has 0 saturated heterocycles. The maximum atomic E-state index is 13.9. The second-order valence-corrected chi connectivity index (χ2v) is 6.89. The lowest BCUT2D eigenvalue weighted by atomic mass is 10.1. The SMILES string of the molecule is Cc1cc(-c2cccc(C(F)(F)F)c2)nc2c1OCCN2C(=O)Nc1cc[nH+]cc1F. The molecule has 2 amide bonds. The number of aryl methyl sites for hydroxylation is 1. The minimum absolute atomic E-state index is 0.0254. The average Bonchev–Trinajstić information content (AvgIpc) is 2.74. The number of benzene rings is 1. The van der Waals surface area contributed by atoms with E-state index in [4.69, 9.17) is 4.74 Å². The van der Waals surface area contributed by atoms with Crippen molar-refractivity contribution in [1.29, 1.82) is 0 Å². The van der Waals surface area contributed by atoms with E-state index in [9.17, 15) is 22.4 Å². The maximum Gasteiger partial charge on any atom is 0.416 e. The van der Waals surface area contributed by atoms with Crippen LogP contribution in [-0.2, 0) is 6.18 Å². The van der Waals surface area contributed by atoms with E-state index in [1.165, 1.54) is 29.3 Å². The molecule has 0 atom stereocenters. The van der Waals surface area contributed by atoms with E-state index in [-0.39, 0.29) is 35.9 Å². The Hall–Kier alpha value is -3.69. The van der Waals surface area contributed by atoms with Crippen LogP contribution >= 0.6 is 0 Å². The van der Waals surface area contributed by atoms with Crippen LogP contribution in [0.1, 0.15) is 11.1 Å². The number of rotatable bonds is 2. The lowest BCUT2D eigenvalue weighted by molar-refractivity contribution is -0.380. The largest absolute Gasteiger partial charge is 0.488 e. The standard InChI is InChI=1S/C21H16F4N4O2/c1-12-9-17(13-3-2-4-14(10-13)21(23,24)25)27-19-18(12)31-8-7-29(19)20(30)28-16-5-6-26-11-15(16)22/h2-6,9-11H,7-8H2,1H3,(H,26,28,30)/p+1. The Labute approximate surface area is 174 Å². The van der Waals surface area contributed by atoms with Crippen LogP contribution in [0.5, 0.6) is 5.75 Å². The zero-order valence-corrected chi connectivity index (χ0v) is 16.3. The third kappa shape index (κ3) is 4.14. The highest BCUT2D eigenvalue weighted by molar-refractivity contribution is 6.02. The van der Waals surface area contributed by atoms with E-state index >= 15 is 0 Å². The highest BCUT2D eigenvalue weighted by atomic mass is 19.4. The first-order valence-corrected chi connectivity index (χ1v) is 9.30. The number of aromatic nitrogens is 2. The molecule has 1 aliphatic rings. The van der Waals surface area contributed by atoms with Gasteiger partial charge in [-0.3, -0.25) is 4.90 Å². The Balaban J connectivity index is 1.72. The predicted molar refractivity (Wildman–Crippen MR) is 104 cm³/mol. The Morgan fingerprint density at radius 1 is 1.26 bits per heavy atom. The summed E-state index contributed by atoms with van der Waals surface area (Å²) in [6.07, 6.45) is -1.94. The summed E-state index contributed by atoms with van der Waals surface area (Å²) >= 11 is 0. The van der Waals surface area contributed by atoms with Crippen molar-refractivity contribution in [2.24, 2.45) is 0 Å². The van der Waals surface area contributed by atoms with Gasteiger partial charge in [-0.2, -0.15) is 17.6 Å². The molecule has 31 heavy (non-hydrogen) atoms. The Bertz CT molecular complexity index is 1150. The van der Waals surface area contributed by atoms with Crippen LogP contribution in [0, 0.1) is 12.7 Å². The zero-order chi connectivity index (χ0) is 22.2. The van der Waals surface area contributed by atoms with Crippen LogP contribution in [0.25, 0.3) is 11.3 Å². The molecular formula is C21H17F4N4O2+. The summed E-state index contributed by atoms with van der Waals surface area (Å²) in [5.41, 5.74) is 0.282. The quantitative estimate of drug-likeness (QED) is 0.607. The van der Waals surface area contributed by atoms with Gasteiger partial charge in [-0.05, 0) is 30.7 Å². The summed E-state index contributed by atoms with van der Waals surface area (Å²) in [6, 6.07) is 7.11. The van der Waals surface area contributed by atoms with Crippen molar-refractivity contribution < 1.29 is 32.1 Å². The van der Waals surface area contributed by atoms with Crippen molar-refractivity contribution in [3.05, 3.63) is 65.7 Å². The molecule has 2 aromatic heterocycles. The van der Waals surface area contributed by atoms with Gasteiger partial charge in [-0.1, -0.05) is 12.1 Å². The number of nitrogens with one attached hydrogen (secondary N) is 2.